The molecule has 1 aliphatic rings. The van der Waals surface area contributed by atoms with E-state index in [2.05, 4.69) is 20.8 Å². The van der Waals surface area contributed by atoms with Crippen LogP contribution in [0.5, 0.6) is 0 Å². The lowest BCUT2D eigenvalue weighted by atomic mass is 10.1. The average molecular weight is 413 g/mol. The third-order valence-electron chi connectivity index (χ3n) is 5.12. The van der Waals surface area contributed by atoms with Crippen molar-refractivity contribution < 1.29 is 19.1 Å². The number of nitrogens with one attached hydrogen (secondary N) is 2. The normalized spacial score (nSPS) is 14.9. The molecule has 0 bridgehead atoms. The van der Waals surface area contributed by atoms with E-state index in [-0.39, 0.29) is 11.7 Å². The quantitative estimate of drug-likeness (QED) is 0.728. The maximum Gasteiger partial charge on any atom is 0.361 e. The van der Waals surface area contributed by atoms with Gasteiger partial charge in [0.25, 0.3) is 5.91 Å². The van der Waals surface area contributed by atoms with Gasteiger partial charge in [-0.1, -0.05) is 30.5 Å². The number of rotatable bonds is 5. The summed E-state index contributed by atoms with van der Waals surface area (Å²) >= 11 is 0. The topological polar surface area (TPSA) is 115 Å². The first kappa shape index (κ1) is 21.5. The highest BCUT2D eigenvalue weighted by Crippen LogP contribution is 2.18. The summed E-state index contributed by atoms with van der Waals surface area (Å²) in [6.07, 6.45) is 2.78. The van der Waals surface area contributed by atoms with E-state index < -0.39 is 24.0 Å². The molecule has 1 aromatic heterocycles. The molecule has 160 valence electrons. The predicted octanol–water partition coefficient (Wildman–Crippen LogP) is 2.51. The van der Waals surface area contributed by atoms with Crippen LogP contribution in [0.15, 0.2) is 18.2 Å². The Kier molecular flexibility index (Phi) is 6.49. The zero-order valence-corrected chi connectivity index (χ0v) is 17.7. The fourth-order valence-electron chi connectivity index (χ4n) is 3.48. The van der Waals surface area contributed by atoms with Crippen molar-refractivity contribution in [2.75, 3.05) is 0 Å². The number of hydrogen-bond acceptors (Lipinski definition) is 6. The van der Waals surface area contributed by atoms with Crippen molar-refractivity contribution in [2.45, 2.75) is 65.5 Å². The molecule has 1 heterocycles. The molecule has 0 aliphatic heterocycles. The molecule has 2 N–H and O–H groups in total. The van der Waals surface area contributed by atoms with Gasteiger partial charge in [0.2, 0.25) is 0 Å². The minimum Gasteiger partial charge on any atom is -0.448 e. The molecule has 30 heavy (non-hydrogen) atoms. The van der Waals surface area contributed by atoms with E-state index in [9.17, 15) is 14.4 Å². The van der Waals surface area contributed by atoms with Gasteiger partial charge in [0.1, 0.15) is 0 Å². The van der Waals surface area contributed by atoms with Gasteiger partial charge in [0.15, 0.2) is 11.8 Å². The van der Waals surface area contributed by atoms with Gasteiger partial charge in [-0.25, -0.2) is 9.59 Å². The first-order valence-electron chi connectivity index (χ1n) is 10.1. The molecular formula is C21H27N5O4. The van der Waals surface area contributed by atoms with Gasteiger partial charge in [-0.05, 0) is 52.2 Å². The van der Waals surface area contributed by atoms with Crippen LogP contribution in [0, 0.1) is 20.8 Å². The minimum atomic E-state index is -1.16. The summed E-state index contributed by atoms with van der Waals surface area (Å²) in [6.45, 7) is 6.97. The minimum absolute atomic E-state index is 0.0185. The number of aromatic nitrogens is 3. The smallest absolute Gasteiger partial charge is 0.361 e. The van der Waals surface area contributed by atoms with E-state index in [1.807, 2.05) is 32.0 Å². The molecule has 3 rings (SSSR count). The molecule has 9 heteroatoms. The number of urea groups is 1. The zero-order valence-electron chi connectivity index (χ0n) is 17.7. The Bertz CT molecular complexity index is 962. The zero-order chi connectivity index (χ0) is 21.8. The Morgan fingerprint density at radius 3 is 2.50 bits per heavy atom. The maximum absolute atomic E-state index is 12.5. The summed E-state index contributed by atoms with van der Waals surface area (Å²) in [5.41, 5.74) is 3.22. The van der Waals surface area contributed by atoms with Crippen LogP contribution < -0.4 is 10.6 Å². The van der Waals surface area contributed by atoms with Crippen molar-refractivity contribution in [3.05, 3.63) is 40.7 Å². The Balaban J connectivity index is 1.61. The Morgan fingerprint density at radius 2 is 1.83 bits per heavy atom. The molecule has 0 saturated heterocycles. The number of ether oxygens (including phenoxy) is 1. The molecule has 1 aliphatic carbocycles. The van der Waals surface area contributed by atoms with Crippen LogP contribution in [-0.2, 0) is 9.53 Å². The maximum atomic E-state index is 12.5. The Hall–Kier alpha value is -3.23. The van der Waals surface area contributed by atoms with Crippen molar-refractivity contribution in [1.82, 2.24) is 25.6 Å². The number of amides is 3. The molecule has 9 nitrogen and oxygen atoms in total. The Labute approximate surface area is 175 Å². The third kappa shape index (κ3) is 5.03. The van der Waals surface area contributed by atoms with Gasteiger partial charge >= 0.3 is 12.0 Å². The number of carbonyl (C=O) groups is 3. The van der Waals surface area contributed by atoms with Gasteiger partial charge in [0, 0.05) is 6.04 Å². The van der Waals surface area contributed by atoms with Gasteiger partial charge in [0.05, 0.1) is 11.4 Å². The van der Waals surface area contributed by atoms with Crippen molar-refractivity contribution in [3.8, 4) is 5.69 Å². The number of imide groups is 1. The first-order chi connectivity index (χ1) is 14.2. The molecule has 0 radical (unpaired) electrons. The number of esters is 1. The molecule has 2 aromatic rings. The lowest BCUT2D eigenvalue weighted by molar-refractivity contribution is -0.127. The van der Waals surface area contributed by atoms with Crippen LogP contribution >= 0.6 is 0 Å². The summed E-state index contributed by atoms with van der Waals surface area (Å²) < 4.78 is 5.20. The van der Waals surface area contributed by atoms with Crippen LogP contribution in [0.25, 0.3) is 5.69 Å². The van der Waals surface area contributed by atoms with Crippen molar-refractivity contribution in [2.24, 2.45) is 0 Å². The monoisotopic (exact) mass is 413 g/mol. The van der Waals surface area contributed by atoms with Crippen LogP contribution in [0.2, 0.25) is 0 Å². The van der Waals surface area contributed by atoms with Crippen LogP contribution in [0.3, 0.4) is 0 Å². The van der Waals surface area contributed by atoms with E-state index in [0.29, 0.717) is 5.69 Å². The van der Waals surface area contributed by atoms with Crippen LogP contribution in [-0.4, -0.2) is 45.0 Å². The number of aryl methyl sites for hydroxylation is 3. The first-order valence-corrected chi connectivity index (χ1v) is 10.1. The fourth-order valence-corrected chi connectivity index (χ4v) is 3.48. The number of nitrogens with zero attached hydrogens (tertiary/aromatic N) is 3. The van der Waals surface area contributed by atoms with Gasteiger partial charge < -0.3 is 10.1 Å². The fraction of sp³-hybridized carbons (Fsp3) is 0.476. The number of hydrogen-bond donors (Lipinski definition) is 2. The molecule has 1 fully saturated rings. The largest absolute Gasteiger partial charge is 0.448 e. The number of benzene rings is 1. The Morgan fingerprint density at radius 1 is 1.13 bits per heavy atom. The van der Waals surface area contributed by atoms with E-state index >= 15 is 0 Å². The second-order valence-electron chi connectivity index (χ2n) is 7.71. The third-order valence-corrected chi connectivity index (χ3v) is 5.12. The van der Waals surface area contributed by atoms with Gasteiger partial charge in [-0.2, -0.15) is 9.90 Å². The lowest BCUT2D eigenvalue weighted by Gasteiger charge is -2.15. The standard InChI is InChI=1S/C21H27N5O4/c1-12-9-10-17(13(2)11-12)26-24-14(3)18(25-26)20(28)30-15(4)19(27)23-21(29)22-16-7-5-6-8-16/h9-11,15-16H,5-8H2,1-4H3,(H2,22,23,27,29)/t15-/m0/s1. The average Bonchev–Trinajstić information content (AvgIpc) is 3.31. The van der Waals surface area contributed by atoms with Crippen molar-refractivity contribution >= 4 is 17.9 Å². The summed E-state index contributed by atoms with van der Waals surface area (Å²) in [5, 5.41) is 13.5. The second kappa shape index (κ2) is 9.06. The molecule has 1 aromatic carbocycles. The summed E-state index contributed by atoms with van der Waals surface area (Å²) in [7, 11) is 0. The molecular weight excluding hydrogens is 386 g/mol. The molecule has 0 spiro atoms. The molecule has 1 atom stereocenters. The summed E-state index contributed by atoms with van der Waals surface area (Å²) in [5.74, 6) is -1.47. The highest BCUT2D eigenvalue weighted by molar-refractivity contribution is 5.98. The number of carbonyl (C=O) groups excluding carboxylic acids is 3. The highest BCUT2D eigenvalue weighted by Gasteiger charge is 2.26. The molecule has 1 saturated carbocycles. The molecule has 0 unspecified atom stereocenters. The summed E-state index contributed by atoms with van der Waals surface area (Å²) in [4.78, 5) is 38.0. The van der Waals surface area contributed by atoms with E-state index in [1.54, 1.807) is 6.92 Å². The van der Waals surface area contributed by atoms with E-state index in [4.69, 9.17) is 4.74 Å². The highest BCUT2D eigenvalue weighted by atomic mass is 16.5. The second-order valence-corrected chi connectivity index (χ2v) is 7.71. The predicted molar refractivity (Wildman–Crippen MR) is 109 cm³/mol. The summed E-state index contributed by atoms with van der Waals surface area (Å²) in [6, 6.07) is 5.31. The van der Waals surface area contributed by atoms with E-state index in [1.165, 1.54) is 11.7 Å². The van der Waals surface area contributed by atoms with E-state index in [0.717, 1.165) is 42.5 Å². The van der Waals surface area contributed by atoms with Crippen LogP contribution in [0.4, 0.5) is 4.79 Å². The van der Waals surface area contributed by atoms with Crippen LogP contribution in [0.1, 0.15) is 59.9 Å². The molecule has 3 amide bonds. The van der Waals surface area contributed by atoms with Gasteiger partial charge in [-0.3, -0.25) is 10.1 Å². The van der Waals surface area contributed by atoms with Gasteiger partial charge in [-0.15, -0.1) is 5.10 Å². The van der Waals surface area contributed by atoms with Crippen molar-refractivity contribution in [1.29, 1.82) is 0 Å². The SMILES string of the molecule is Cc1ccc(-n2nc(C)c(C(=O)O[C@@H](C)C(=O)NC(=O)NC3CCCC3)n2)c(C)c1. The van der Waals surface area contributed by atoms with Crippen molar-refractivity contribution in [3.63, 3.8) is 0 Å². The lowest BCUT2D eigenvalue weighted by Crippen LogP contribution is -2.47.